The molecule has 54 valence electrons. The molecule has 0 saturated heterocycles. The van der Waals surface area contributed by atoms with Crippen LogP contribution in [0.1, 0.15) is 13.8 Å². The van der Waals surface area contributed by atoms with E-state index in [-0.39, 0.29) is 0 Å². The van der Waals surface area contributed by atoms with E-state index in [1.807, 2.05) is 0 Å². The van der Waals surface area contributed by atoms with Crippen LogP contribution in [0.3, 0.4) is 0 Å². The number of hydrogen-bond donors (Lipinski definition) is 1. The van der Waals surface area contributed by atoms with Gasteiger partial charge in [-0.2, -0.15) is 0 Å². The summed E-state index contributed by atoms with van der Waals surface area (Å²) in [5.41, 5.74) is 0. The molecule has 0 bridgehead atoms. The Bertz CT molecular complexity index is 64.7. The second kappa shape index (κ2) is 28.7. The number of hydrogen-bond acceptors (Lipinski definition) is 2. The summed E-state index contributed by atoms with van der Waals surface area (Å²) >= 11 is 0. The first-order chi connectivity index (χ1) is 4.15. The fraction of sp³-hybridized carbons (Fsp3) is 0.333. The number of carbonyl (C=O) groups is 2. The van der Waals surface area contributed by atoms with Gasteiger partial charge in [-0.25, -0.2) is 0 Å². The molecule has 0 heterocycles. The zero-order chi connectivity index (χ0) is 8.28. The van der Waals surface area contributed by atoms with Gasteiger partial charge in [0.25, 0.3) is 5.97 Å². The summed E-state index contributed by atoms with van der Waals surface area (Å²) in [6.45, 7) is 8.53. The molecule has 0 fully saturated rings. The highest BCUT2D eigenvalue weighted by Gasteiger charge is 1.65. The summed E-state index contributed by atoms with van der Waals surface area (Å²) in [6, 6.07) is 0. The predicted octanol–water partition coefficient (Wildman–Crippen LogP) is 1.10. The SMILES string of the molecule is C=C.CC(=O)O.CC=O. The van der Waals surface area contributed by atoms with Gasteiger partial charge in [0.05, 0.1) is 0 Å². The zero-order valence-electron chi connectivity index (χ0n) is 5.76. The summed E-state index contributed by atoms with van der Waals surface area (Å²) in [6.07, 6.45) is 0.750. The molecule has 0 amide bonds. The van der Waals surface area contributed by atoms with Gasteiger partial charge >= 0.3 is 0 Å². The maximum atomic E-state index is 9.00. The van der Waals surface area contributed by atoms with E-state index in [9.17, 15) is 0 Å². The van der Waals surface area contributed by atoms with E-state index in [0.717, 1.165) is 13.2 Å². The average molecular weight is 132 g/mol. The van der Waals surface area contributed by atoms with Gasteiger partial charge in [-0.3, -0.25) is 4.79 Å². The molecule has 3 nitrogen and oxygen atoms in total. The molecule has 9 heavy (non-hydrogen) atoms. The van der Waals surface area contributed by atoms with Gasteiger partial charge in [-0.1, -0.05) is 0 Å². The van der Waals surface area contributed by atoms with Crippen LogP contribution in [0.4, 0.5) is 0 Å². The molecule has 0 spiro atoms. The van der Waals surface area contributed by atoms with Crippen molar-refractivity contribution in [2.45, 2.75) is 13.8 Å². The number of rotatable bonds is 0. The maximum Gasteiger partial charge on any atom is 0.300 e. The van der Waals surface area contributed by atoms with Crippen molar-refractivity contribution in [1.29, 1.82) is 0 Å². The lowest BCUT2D eigenvalue weighted by Gasteiger charge is -1.59. The van der Waals surface area contributed by atoms with Crippen molar-refractivity contribution in [3.05, 3.63) is 13.2 Å². The largest absolute Gasteiger partial charge is 0.481 e. The summed E-state index contributed by atoms with van der Waals surface area (Å²) < 4.78 is 0. The van der Waals surface area contributed by atoms with Crippen LogP contribution >= 0.6 is 0 Å². The molecule has 0 aromatic heterocycles. The lowest BCUT2D eigenvalue weighted by Crippen LogP contribution is -1.78. The Labute approximate surface area is 55.0 Å². The standard InChI is InChI=1S/C2H4O2.C2H4O.C2H4/c1-2(3)4;1-2-3;1-2/h1H3,(H,3,4);2H,1H3;1-2H2. The first kappa shape index (κ1) is 15.7. The normalized spacial score (nSPS) is 4.67. The number of carbonyl (C=O) groups excluding carboxylic acids is 1. The fourth-order valence-electron chi connectivity index (χ4n) is 0. The van der Waals surface area contributed by atoms with Crippen molar-refractivity contribution < 1.29 is 14.7 Å². The summed E-state index contributed by atoms with van der Waals surface area (Å²) in [5, 5.41) is 7.42. The van der Waals surface area contributed by atoms with E-state index >= 15 is 0 Å². The second-order valence-corrected chi connectivity index (χ2v) is 0.755. The number of aldehydes is 1. The Hall–Kier alpha value is -1.12. The molecule has 1 N–H and O–H groups in total. The highest BCUT2D eigenvalue weighted by atomic mass is 16.4. The Morgan fingerprint density at radius 3 is 1.56 bits per heavy atom. The van der Waals surface area contributed by atoms with Crippen molar-refractivity contribution >= 4 is 12.3 Å². The summed E-state index contributed by atoms with van der Waals surface area (Å²) in [4.78, 5) is 17.8. The summed E-state index contributed by atoms with van der Waals surface area (Å²) in [5.74, 6) is -0.833. The van der Waals surface area contributed by atoms with Crippen molar-refractivity contribution in [3.8, 4) is 0 Å². The third-order valence-electron chi connectivity index (χ3n) is 0. The molecule has 0 rings (SSSR count). The Kier molecular flexibility index (Phi) is 49.9. The zero-order valence-corrected chi connectivity index (χ0v) is 5.76. The Morgan fingerprint density at radius 1 is 1.56 bits per heavy atom. The van der Waals surface area contributed by atoms with Crippen LogP contribution in [0.2, 0.25) is 0 Å². The van der Waals surface area contributed by atoms with Crippen LogP contribution in [-0.4, -0.2) is 17.4 Å². The summed E-state index contributed by atoms with van der Waals surface area (Å²) in [7, 11) is 0. The van der Waals surface area contributed by atoms with E-state index in [1.165, 1.54) is 6.92 Å². The molecular formula is C6H12O3. The van der Waals surface area contributed by atoms with E-state index in [2.05, 4.69) is 13.2 Å². The van der Waals surface area contributed by atoms with Gasteiger partial charge in [0, 0.05) is 6.92 Å². The predicted molar refractivity (Wildman–Crippen MR) is 36.3 cm³/mol. The molecular weight excluding hydrogens is 120 g/mol. The van der Waals surface area contributed by atoms with Crippen LogP contribution in [0, 0.1) is 0 Å². The Morgan fingerprint density at radius 2 is 1.56 bits per heavy atom. The molecule has 3 heteroatoms. The molecule has 0 atom stereocenters. The van der Waals surface area contributed by atoms with Crippen LogP contribution in [-0.2, 0) is 9.59 Å². The van der Waals surface area contributed by atoms with Crippen LogP contribution in [0.25, 0.3) is 0 Å². The Balaban J connectivity index is -0.0000000646. The maximum absolute atomic E-state index is 9.00. The minimum Gasteiger partial charge on any atom is -0.481 e. The molecule has 0 unspecified atom stereocenters. The number of carboxylic acids is 1. The van der Waals surface area contributed by atoms with E-state index in [4.69, 9.17) is 14.7 Å². The van der Waals surface area contributed by atoms with E-state index < -0.39 is 5.97 Å². The van der Waals surface area contributed by atoms with Crippen molar-refractivity contribution in [2.75, 3.05) is 0 Å². The van der Waals surface area contributed by atoms with Gasteiger partial charge < -0.3 is 9.90 Å². The number of aliphatic carboxylic acids is 1. The first-order valence-electron chi connectivity index (χ1n) is 2.24. The fourth-order valence-corrected chi connectivity index (χ4v) is 0. The monoisotopic (exact) mass is 132 g/mol. The quantitative estimate of drug-likeness (QED) is 0.396. The third-order valence-corrected chi connectivity index (χ3v) is 0. The molecule has 0 aliphatic heterocycles. The highest BCUT2D eigenvalue weighted by molar-refractivity contribution is 5.62. The molecule has 0 saturated carbocycles. The smallest absolute Gasteiger partial charge is 0.300 e. The minimum absolute atomic E-state index is 0.750. The first-order valence-corrected chi connectivity index (χ1v) is 2.24. The van der Waals surface area contributed by atoms with Crippen LogP contribution < -0.4 is 0 Å². The lowest BCUT2D eigenvalue weighted by molar-refractivity contribution is -0.134. The van der Waals surface area contributed by atoms with Crippen LogP contribution in [0.15, 0.2) is 13.2 Å². The van der Waals surface area contributed by atoms with Crippen molar-refractivity contribution in [3.63, 3.8) is 0 Å². The highest BCUT2D eigenvalue weighted by Crippen LogP contribution is 1.42. The lowest BCUT2D eigenvalue weighted by atomic mass is 10.9. The van der Waals surface area contributed by atoms with Gasteiger partial charge in [0.1, 0.15) is 6.29 Å². The minimum atomic E-state index is -0.833. The van der Waals surface area contributed by atoms with Gasteiger partial charge in [-0.05, 0) is 6.92 Å². The second-order valence-electron chi connectivity index (χ2n) is 0.755. The molecule has 0 aliphatic rings. The molecule has 0 aromatic rings. The number of carboxylic acid groups (broad SMARTS) is 1. The molecule has 0 aromatic carbocycles. The third kappa shape index (κ3) is 131. The van der Waals surface area contributed by atoms with Gasteiger partial charge in [0.2, 0.25) is 0 Å². The average Bonchev–Trinajstić information content (AvgIpc) is 1.71. The topological polar surface area (TPSA) is 54.4 Å². The molecule has 0 aliphatic carbocycles. The van der Waals surface area contributed by atoms with Crippen LogP contribution in [0.5, 0.6) is 0 Å². The molecule has 0 radical (unpaired) electrons. The van der Waals surface area contributed by atoms with E-state index in [1.54, 1.807) is 0 Å². The van der Waals surface area contributed by atoms with Crippen molar-refractivity contribution in [1.82, 2.24) is 0 Å². The van der Waals surface area contributed by atoms with Gasteiger partial charge in [-0.15, -0.1) is 13.2 Å². The van der Waals surface area contributed by atoms with E-state index in [0.29, 0.717) is 0 Å². The van der Waals surface area contributed by atoms with Crippen molar-refractivity contribution in [2.24, 2.45) is 0 Å². The van der Waals surface area contributed by atoms with Gasteiger partial charge in [0.15, 0.2) is 0 Å².